The van der Waals surface area contributed by atoms with Crippen LogP contribution in [0.3, 0.4) is 0 Å². The minimum atomic E-state index is -0.403. The average Bonchev–Trinajstić information content (AvgIpc) is 3.13. The highest BCUT2D eigenvalue weighted by Gasteiger charge is 2.14. The fraction of sp³-hybridized carbons (Fsp3) is 0.0526. The monoisotopic (exact) mass is 380 g/mol. The molecule has 6 nitrogen and oxygen atoms in total. The van der Waals surface area contributed by atoms with Crippen LogP contribution in [0.1, 0.15) is 12.5 Å². The van der Waals surface area contributed by atoms with Gasteiger partial charge in [-0.05, 0) is 36.8 Å². The molecule has 0 aliphatic carbocycles. The molecule has 0 aliphatic heterocycles. The van der Waals surface area contributed by atoms with Crippen molar-refractivity contribution in [3.05, 3.63) is 66.0 Å². The zero-order valence-corrected chi connectivity index (χ0v) is 15.0. The summed E-state index contributed by atoms with van der Waals surface area (Å²) in [5, 5.41) is 11.2. The van der Waals surface area contributed by atoms with Crippen LogP contribution in [0, 0.1) is 5.82 Å². The highest BCUT2D eigenvalue weighted by atomic mass is 35.5. The predicted molar refractivity (Wildman–Crippen MR) is 104 cm³/mol. The Labute approximate surface area is 159 Å². The number of aromatic nitrogens is 5. The molecule has 0 aliphatic rings. The first kappa shape index (κ1) is 17.1. The minimum absolute atomic E-state index is 0.315. The van der Waals surface area contributed by atoms with Crippen LogP contribution in [0.2, 0.25) is 5.02 Å². The van der Waals surface area contributed by atoms with Gasteiger partial charge in [0.15, 0.2) is 5.65 Å². The second kappa shape index (κ2) is 6.77. The summed E-state index contributed by atoms with van der Waals surface area (Å²) in [7, 11) is 0. The van der Waals surface area contributed by atoms with E-state index in [1.165, 1.54) is 18.5 Å². The second-order valence-corrected chi connectivity index (χ2v) is 6.44. The Hall–Kier alpha value is -3.32. The molecule has 4 aromatic rings. The normalized spacial score (nSPS) is 10.9. The van der Waals surface area contributed by atoms with E-state index < -0.39 is 5.82 Å². The molecule has 8 heteroatoms. The smallest absolute Gasteiger partial charge is 0.160 e. The third-order valence-electron chi connectivity index (χ3n) is 4.07. The number of aromatic amines is 1. The number of hydrogen-bond acceptors (Lipinski definition) is 5. The molecular formula is C19H14ClFN6. The first-order valence-corrected chi connectivity index (χ1v) is 8.43. The van der Waals surface area contributed by atoms with E-state index in [-0.39, 0.29) is 0 Å². The summed E-state index contributed by atoms with van der Waals surface area (Å²) in [4.78, 5) is 12.8. The van der Waals surface area contributed by atoms with Crippen molar-refractivity contribution >= 4 is 39.7 Å². The van der Waals surface area contributed by atoms with E-state index in [2.05, 4.69) is 37.0 Å². The molecule has 134 valence electrons. The van der Waals surface area contributed by atoms with Crippen molar-refractivity contribution in [1.82, 2.24) is 25.1 Å². The van der Waals surface area contributed by atoms with Crippen LogP contribution in [-0.4, -0.2) is 25.1 Å². The van der Waals surface area contributed by atoms with E-state index in [0.717, 1.165) is 16.5 Å². The molecule has 4 rings (SSSR count). The van der Waals surface area contributed by atoms with Crippen molar-refractivity contribution in [3.63, 3.8) is 0 Å². The van der Waals surface area contributed by atoms with Crippen molar-refractivity contribution < 1.29 is 4.39 Å². The summed E-state index contributed by atoms with van der Waals surface area (Å²) in [6, 6.07) is 6.10. The van der Waals surface area contributed by atoms with Crippen LogP contribution in [-0.2, 0) is 0 Å². The fourth-order valence-electron chi connectivity index (χ4n) is 2.73. The molecule has 0 spiro atoms. The van der Waals surface area contributed by atoms with Crippen molar-refractivity contribution in [2.75, 3.05) is 5.32 Å². The van der Waals surface area contributed by atoms with Gasteiger partial charge >= 0.3 is 0 Å². The number of nitrogens with zero attached hydrogens (tertiary/aromatic N) is 4. The summed E-state index contributed by atoms with van der Waals surface area (Å²) in [5.74, 6) is 0.167. The lowest BCUT2D eigenvalue weighted by atomic mass is 10.1. The van der Waals surface area contributed by atoms with E-state index in [9.17, 15) is 4.39 Å². The van der Waals surface area contributed by atoms with Crippen LogP contribution >= 0.6 is 11.6 Å². The molecule has 0 amide bonds. The Morgan fingerprint density at radius 3 is 2.85 bits per heavy atom. The standard InChI is InChI=1S/C19H14ClFN6/c1-10(2)13-7-22-16(12-5-11(20)3-4-15(12)21)6-17(13)26-18-14-8-25-27-19(14)24-9-23-18/h3-9H,1H2,2H3,(H2,22,23,24,25,26,27). The number of anilines is 2. The molecule has 27 heavy (non-hydrogen) atoms. The van der Waals surface area contributed by atoms with Gasteiger partial charge in [0.25, 0.3) is 0 Å². The molecule has 0 saturated heterocycles. The molecule has 0 bridgehead atoms. The lowest BCUT2D eigenvalue weighted by molar-refractivity contribution is 0.631. The van der Waals surface area contributed by atoms with Gasteiger partial charge in [-0.15, -0.1) is 0 Å². The van der Waals surface area contributed by atoms with Crippen molar-refractivity contribution in [1.29, 1.82) is 0 Å². The minimum Gasteiger partial charge on any atom is -0.339 e. The van der Waals surface area contributed by atoms with E-state index in [1.54, 1.807) is 24.5 Å². The summed E-state index contributed by atoms with van der Waals surface area (Å²) >= 11 is 6.02. The van der Waals surface area contributed by atoms with Gasteiger partial charge < -0.3 is 5.32 Å². The third kappa shape index (κ3) is 3.24. The Bertz CT molecular complexity index is 1170. The average molecular weight is 381 g/mol. The zero-order valence-electron chi connectivity index (χ0n) is 14.3. The van der Waals surface area contributed by atoms with Gasteiger partial charge in [0.1, 0.15) is 18.0 Å². The van der Waals surface area contributed by atoms with Gasteiger partial charge in [-0.3, -0.25) is 10.1 Å². The largest absolute Gasteiger partial charge is 0.339 e. The maximum absolute atomic E-state index is 14.3. The molecule has 0 unspecified atom stereocenters. The van der Waals surface area contributed by atoms with Gasteiger partial charge in [-0.2, -0.15) is 5.10 Å². The number of pyridine rings is 1. The Balaban J connectivity index is 1.84. The molecule has 2 N–H and O–H groups in total. The van der Waals surface area contributed by atoms with E-state index in [1.807, 2.05) is 6.92 Å². The number of benzene rings is 1. The number of halogens is 2. The lowest BCUT2D eigenvalue weighted by Crippen LogP contribution is -2.00. The Morgan fingerprint density at radius 2 is 2.04 bits per heavy atom. The number of fused-ring (bicyclic) bond motifs is 1. The van der Waals surface area contributed by atoms with Crippen LogP contribution in [0.25, 0.3) is 27.9 Å². The molecule has 3 heterocycles. The maximum atomic E-state index is 14.3. The second-order valence-electron chi connectivity index (χ2n) is 6.00. The molecule has 0 atom stereocenters. The third-order valence-corrected chi connectivity index (χ3v) is 4.30. The van der Waals surface area contributed by atoms with E-state index in [4.69, 9.17) is 11.6 Å². The van der Waals surface area contributed by atoms with Gasteiger partial charge in [0.05, 0.1) is 23.0 Å². The van der Waals surface area contributed by atoms with Crippen LogP contribution in [0.5, 0.6) is 0 Å². The quantitative estimate of drug-likeness (QED) is 0.521. The molecule has 1 aromatic carbocycles. The van der Waals surface area contributed by atoms with Crippen molar-refractivity contribution in [2.24, 2.45) is 0 Å². The van der Waals surface area contributed by atoms with Gasteiger partial charge in [0, 0.05) is 22.3 Å². The van der Waals surface area contributed by atoms with Crippen LogP contribution < -0.4 is 5.32 Å². The Kier molecular flexibility index (Phi) is 4.29. The first-order valence-electron chi connectivity index (χ1n) is 8.05. The molecule has 0 fully saturated rings. The number of rotatable bonds is 4. The van der Waals surface area contributed by atoms with Gasteiger partial charge in [0.2, 0.25) is 0 Å². The Morgan fingerprint density at radius 1 is 1.19 bits per heavy atom. The summed E-state index contributed by atoms with van der Waals surface area (Å²) in [6.07, 6.45) is 4.72. The molecule has 0 saturated carbocycles. The number of allylic oxidation sites excluding steroid dienone is 1. The molecule has 0 radical (unpaired) electrons. The maximum Gasteiger partial charge on any atom is 0.160 e. The van der Waals surface area contributed by atoms with Crippen molar-refractivity contribution in [2.45, 2.75) is 6.92 Å². The van der Waals surface area contributed by atoms with Gasteiger partial charge in [-0.1, -0.05) is 18.2 Å². The van der Waals surface area contributed by atoms with E-state index >= 15 is 0 Å². The summed E-state index contributed by atoms with van der Waals surface area (Å²) < 4.78 is 14.3. The number of nitrogens with one attached hydrogen (secondary N) is 2. The predicted octanol–water partition coefficient (Wildman–Crippen LogP) is 4.98. The summed E-state index contributed by atoms with van der Waals surface area (Å²) in [6.45, 7) is 5.86. The zero-order chi connectivity index (χ0) is 19.0. The molecular weight excluding hydrogens is 367 g/mol. The number of hydrogen-bond donors (Lipinski definition) is 2. The fourth-order valence-corrected chi connectivity index (χ4v) is 2.90. The van der Waals surface area contributed by atoms with E-state index in [0.29, 0.717) is 33.4 Å². The first-order chi connectivity index (χ1) is 13.0. The van der Waals surface area contributed by atoms with Crippen LogP contribution in [0.15, 0.2) is 49.6 Å². The highest BCUT2D eigenvalue weighted by Crippen LogP contribution is 2.32. The highest BCUT2D eigenvalue weighted by molar-refractivity contribution is 6.30. The topological polar surface area (TPSA) is 79.4 Å². The van der Waals surface area contributed by atoms with Crippen LogP contribution in [0.4, 0.5) is 15.9 Å². The lowest BCUT2D eigenvalue weighted by Gasteiger charge is -2.14. The molecule has 3 aromatic heterocycles. The SMILES string of the molecule is C=C(C)c1cnc(-c2cc(Cl)ccc2F)cc1Nc1ncnc2[nH]ncc12. The number of H-pyrrole nitrogens is 1. The van der Waals surface area contributed by atoms with Crippen molar-refractivity contribution in [3.8, 4) is 11.3 Å². The van der Waals surface area contributed by atoms with Gasteiger partial charge in [-0.25, -0.2) is 14.4 Å². The summed E-state index contributed by atoms with van der Waals surface area (Å²) in [5.41, 5.74) is 3.65.